The molecule has 19 heavy (non-hydrogen) atoms. The number of hydrogen-bond donors (Lipinski definition) is 2. The maximum absolute atomic E-state index is 12.8. The molecule has 106 valence electrons. The van der Waals surface area contributed by atoms with Gasteiger partial charge in [-0.1, -0.05) is 0 Å². The van der Waals surface area contributed by atoms with Gasteiger partial charge in [-0.2, -0.15) is 13.2 Å². The fourth-order valence-electron chi connectivity index (χ4n) is 1.89. The van der Waals surface area contributed by atoms with Crippen LogP contribution in [0.3, 0.4) is 0 Å². The van der Waals surface area contributed by atoms with E-state index in [1.165, 1.54) is 0 Å². The zero-order chi connectivity index (χ0) is 13.9. The fraction of sp³-hybridized carbons (Fsp3) is 0.636. The van der Waals surface area contributed by atoms with Gasteiger partial charge in [0.2, 0.25) is 5.82 Å². The minimum absolute atomic E-state index is 0.207. The van der Waals surface area contributed by atoms with Crippen LogP contribution in [-0.4, -0.2) is 42.7 Å². The second-order valence-corrected chi connectivity index (χ2v) is 4.20. The van der Waals surface area contributed by atoms with Crippen LogP contribution in [0.25, 0.3) is 0 Å². The minimum Gasteiger partial charge on any atom is -0.370 e. The van der Waals surface area contributed by atoms with Crippen LogP contribution in [0.4, 0.5) is 24.8 Å². The minimum atomic E-state index is -4.53. The molecule has 0 saturated carbocycles. The SMILES string of the molecule is CCNc1cc(N2CCNCC2)nc(C(F)(F)F)n1. The van der Waals surface area contributed by atoms with E-state index in [9.17, 15) is 13.2 Å². The van der Waals surface area contributed by atoms with Gasteiger partial charge in [0.1, 0.15) is 11.6 Å². The van der Waals surface area contributed by atoms with Crippen molar-refractivity contribution in [2.24, 2.45) is 0 Å². The first-order chi connectivity index (χ1) is 9.00. The number of anilines is 2. The first kappa shape index (κ1) is 13.9. The first-order valence-electron chi connectivity index (χ1n) is 6.16. The summed E-state index contributed by atoms with van der Waals surface area (Å²) in [5, 5.41) is 5.95. The molecule has 0 amide bonds. The topological polar surface area (TPSA) is 53.1 Å². The van der Waals surface area contributed by atoms with E-state index >= 15 is 0 Å². The summed E-state index contributed by atoms with van der Waals surface area (Å²) in [7, 11) is 0. The molecule has 1 aromatic heterocycles. The van der Waals surface area contributed by atoms with Gasteiger partial charge in [-0.15, -0.1) is 0 Å². The summed E-state index contributed by atoms with van der Waals surface area (Å²) < 4.78 is 38.3. The van der Waals surface area contributed by atoms with E-state index in [2.05, 4.69) is 20.6 Å². The van der Waals surface area contributed by atoms with Crippen LogP contribution in [0.5, 0.6) is 0 Å². The quantitative estimate of drug-likeness (QED) is 0.872. The summed E-state index contributed by atoms with van der Waals surface area (Å²) in [4.78, 5) is 8.96. The Morgan fingerprint density at radius 1 is 1.32 bits per heavy atom. The normalized spacial score (nSPS) is 16.5. The van der Waals surface area contributed by atoms with E-state index in [4.69, 9.17) is 0 Å². The van der Waals surface area contributed by atoms with E-state index in [0.29, 0.717) is 25.5 Å². The summed E-state index contributed by atoms with van der Waals surface area (Å²) in [6.07, 6.45) is -4.53. The molecule has 2 rings (SSSR count). The van der Waals surface area contributed by atoms with Crippen LogP contribution in [0.1, 0.15) is 12.7 Å². The molecule has 1 aromatic rings. The molecule has 0 aliphatic carbocycles. The third-order valence-corrected chi connectivity index (χ3v) is 2.77. The third-order valence-electron chi connectivity index (χ3n) is 2.77. The van der Waals surface area contributed by atoms with Crippen LogP contribution >= 0.6 is 0 Å². The Hall–Kier alpha value is -1.57. The first-order valence-corrected chi connectivity index (χ1v) is 6.16. The number of nitrogens with zero attached hydrogens (tertiary/aromatic N) is 3. The predicted octanol–water partition coefficient (Wildman–Crippen LogP) is 1.34. The van der Waals surface area contributed by atoms with Crippen LogP contribution in [0.2, 0.25) is 0 Å². The van der Waals surface area contributed by atoms with E-state index in [1.54, 1.807) is 13.0 Å². The Kier molecular flexibility index (Phi) is 4.08. The smallest absolute Gasteiger partial charge is 0.370 e. The summed E-state index contributed by atoms with van der Waals surface area (Å²) in [5.41, 5.74) is 0. The zero-order valence-electron chi connectivity index (χ0n) is 10.6. The molecule has 0 unspecified atom stereocenters. The van der Waals surface area contributed by atoms with E-state index < -0.39 is 12.0 Å². The second kappa shape index (κ2) is 5.60. The third kappa shape index (κ3) is 3.46. The summed E-state index contributed by atoms with van der Waals surface area (Å²) in [6, 6.07) is 1.56. The number of aromatic nitrogens is 2. The van der Waals surface area contributed by atoms with Crippen molar-refractivity contribution in [3.05, 3.63) is 11.9 Å². The van der Waals surface area contributed by atoms with Crippen molar-refractivity contribution in [3.63, 3.8) is 0 Å². The van der Waals surface area contributed by atoms with Crippen LogP contribution in [0, 0.1) is 0 Å². The predicted molar refractivity (Wildman–Crippen MR) is 66.3 cm³/mol. The highest BCUT2D eigenvalue weighted by Gasteiger charge is 2.36. The Morgan fingerprint density at radius 2 is 2.00 bits per heavy atom. The van der Waals surface area contributed by atoms with E-state index in [-0.39, 0.29) is 5.82 Å². The van der Waals surface area contributed by atoms with Gasteiger partial charge in [0.25, 0.3) is 0 Å². The standard InChI is InChI=1S/C11H16F3N5/c1-2-16-8-7-9(19-5-3-15-4-6-19)18-10(17-8)11(12,13)14/h7,15H,2-6H2,1H3,(H,16,17,18). The highest BCUT2D eigenvalue weighted by Crippen LogP contribution is 2.29. The van der Waals surface area contributed by atoms with Crippen molar-refractivity contribution in [2.45, 2.75) is 13.1 Å². The van der Waals surface area contributed by atoms with Gasteiger partial charge in [0.15, 0.2) is 0 Å². The molecule has 1 fully saturated rings. The lowest BCUT2D eigenvalue weighted by molar-refractivity contribution is -0.144. The molecular formula is C11H16F3N5. The molecule has 8 heteroatoms. The zero-order valence-corrected chi connectivity index (χ0v) is 10.6. The molecule has 2 N–H and O–H groups in total. The average molecular weight is 275 g/mol. The number of halogens is 3. The Balaban J connectivity index is 2.33. The number of hydrogen-bond acceptors (Lipinski definition) is 5. The van der Waals surface area contributed by atoms with Crippen molar-refractivity contribution >= 4 is 11.6 Å². The monoisotopic (exact) mass is 275 g/mol. The van der Waals surface area contributed by atoms with Gasteiger partial charge >= 0.3 is 6.18 Å². The molecule has 1 aliphatic rings. The van der Waals surface area contributed by atoms with Crippen LogP contribution in [-0.2, 0) is 6.18 Å². The van der Waals surface area contributed by atoms with Crippen molar-refractivity contribution < 1.29 is 13.2 Å². The van der Waals surface area contributed by atoms with Gasteiger partial charge in [-0.25, -0.2) is 9.97 Å². The van der Waals surface area contributed by atoms with Crippen molar-refractivity contribution in [1.82, 2.24) is 15.3 Å². The summed E-state index contributed by atoms with van der Waals surface area (Å²) in [6.45, 7) is 5.07. The highest BCUT2D eigenvalue weighted by atomic mass is 19.4. The molecule has 1 aliphatic heterocycles. The number of nitrogens with one attached hydrogen (secondary N) is 2. The van der Waals surface area contributed by atoms with Crippen molar-refractivity contribution in [1.29, 1.82) is 0 Å². The lowest BCUT2D eigenvalue weighted by atomic mass is 10.3. The van der Waals surface area contributed by atoms with Crippen molar-refractivity contribution in [3.8, 4) is 0 Å². The van der Waals surface area contributed by atoms with E-state index in [0.717, 1.165) is 13.1 Å². The Bertz CT molecular complexity index is 429. The number of piperazine rings is 1. The van der Waals surface area contributed by atoms with Gasteiger partial charge in [-0.3, -0.25) is 0 Å². The molecule has 0 radical (unpaired) electrons. The molecular weight excluding hydrogens is 259 g/mol. The second-order valence-electron chi connectivity index (χ2n) is 4.20. The molecule has 0 bridgehead atoms. The number of rotatable bonds is 3. The van der Waals surface area contributed by atoms with Gasteiger partial charge < -0.3 is 15.5 Å². The summed E-state index contributed by atoms with van der Waals surface area (Å²) in [5.74, 6) is -0.572. The van der Waals surface area contributed by atoms with Gasteiger partial charge in [-0.05, 0) is 6.92 Å². The lowest BCUT2D eigenvalue weighted by Crippen LogP contribution is -2.44. The Morgan fingerprint density at radius 3 is 2.58 bits per heavy atom. The van der Waals surface area contributed by atoms with Crippen LogP contribution in [0.15, 0.2) is 6.07 Å². The maximum atomic E-state index is 12.8. The highest BCUT2D eigenvalue weighted by molar-refractivity contribution is 5.50. The lowest BCUT2D eigenvalue weighted by Gasteiger charge is -2.29. The maximum Gasteiger partial charge on any atom is 0.451 e. The molecule has 5 nitrogen and oxygen atoms in total. The van der Waals surface area contributed by atoms with Crippen molar-refractivity contribution in [2.75, 3.05) is 42.9 Å². The van der Waals surface area contributed by atoms with Gasteiger partial charge in [0, 0.05) is 38.8 Å². The molecule has 0 aromatic carbocycles. The average Bonchev–Trinajstić information content (AvgIpc) is 2.39. The fourth-order valence-corrected chi connectivity index (χ4v) is 1.89. The van der Waals surface area contributed by atoms with E-state index in [1.807, 2.05) is 4.90 Å². The van der Waals surface area contributed by atoms with Gasteiger partial charge in [0.05, 0.1) is 0 Å². The van der Waals surface area contributed by atoms with Crippen LogP contribution < -0.4 is 15.5 Å². The molecule has 1 saturated heterocycles. The Labute approximate surface area is 109 Å². The molecule has 0 atom stereocenters. The molecule has 0 spiro atoms. The summed E-state index contributed by atoms with van der Waals surface area (Å²) >= 11 is 0. The number of alkyl halides is 3. The largest absolute Gasteiger partial charge is 0.451 e. The molecule has 2 heterocycles.